The standard InChI is InChI=1S/C16H24N2O4/c1-16(11-14(19)20,9-10-18(2)3)17-15(21)22-12-13-7-5-4-6-8-13/h4-8H,9-12H2,1-3H3,(H,17,21)(H,19,20). The Kier molecular flexibility index (Phi) is 6.85. The summed E-state index contributed by atoms with van der Waals surface area (Å²) in [6.45, 7) is 2.54. The number of aliphatic carboxylic acids is 1. The number of hydrogen-bond donors (Lipinski definition) is 2. The fraction of sp³-hybridized carbons (Fsp3) is 0.500. The van der Waals surface area contributed by atoms with Gasteiger partial charge in [-0.2, -0.15) is 0 Å². The molecular weight excluding hydrogens is 284 g/mol. The Morgan fingerprint density at radius 1 is 1.27 bits per heavy atom. The third kappa shape index (κ3) is 7.08. The molecule has 0 aliphatic heterocycles. The molecule has 1 amide bonds. The molecule has 1 aromatic rings. The molecule has 1 atom stereocenters. The van der Waals surface area contributed by atoms with Crippen LogP contribution < -0.4 is 5.32 Å². The van der Waals surface area contributed by atoms with Crippen molar-refractivity contribution in [3.05, 3.63) is 35.9 Å². The van der Waals surface area contributed by atoms with E-state index in [1.165, 1.54) is 0 Å². The first-order chi connectivity index (χ1) is 10.3. The summed E-state index contributed by atoms with van der Waals surface area (Å²) in [6, 6.07) is 9.32. The Labute approximate surface area is 131 Å². The topological polar surface area (TPSA) is 78.9 Å². The highest BCUT2D eigenvalue weighted by Crippen LogP contribution is 2.16. The maximum Gasteiger partial charge on any atom is 0.407 e. The van der Waals surface area contributed by atoms with E-state index in [4.69, 9.17) is 9.84 Å². The molecule has 0 spiro atoms. The van der Waals surface area contributed by atoms with Crippen molar-refractivity contribution in [2.24, 2.45) is 0 Å². The van der Waals surface area contributed by atoms with Crippen LogP contribution in [-0.2, 0) is 16.1 Å². The number of carboxylic acids is 1. The number of nitrogens with zero attached hydrogens (tertiary/aromatic N) is 1. The molecule has 0 saturated heterocycles. The van der Waals surface area contributed by atoms with Crippen molar-refractivity contribution in [3.63, 3.8) is 0 Å². The van der Waals surface area contributed by atoms with E-state index in [2.05, 4.69) is 5.32 Å². The average Bonchev–Trinajstić information content (AvgIpc) is 2.43. The minimum absolute atomic E-state index is 0.152. The second-order valence-electron chi connectivity index (χ2n) is 5.87. The Hall–Kier alpha value is -2.08. The van der Waals surface area contributed by atoms with Crippen LogP contribution in [0.5, 0.6) is 0 Å². The van der Waals surface area contributed by atoms with Crippen molar-refractivity contribution >= 4 is 12.1 Å². The van der Waals surface area contributed by atoms with Gasteiger partial charge in [0, 0.05) is 0 Å². The molecule has 0 saturated carbocycles. The van der Waals surface area contributed by atoms with Crippen molar-refractivity contribution in [3.8, 4) is 0 Å². The van der Waals surface area contributed by atoms with E-state index in [1.54, 1.807) is 6.92 Å². The summed E-state index contributed by atoms with van der Waals surface area (Å²) < 4.78 is 5.16. The van der Waals surface area contributed by atoms with Gasteiger partial charge in [-0.15, -0.1) is 0 Å². The number of amides is 1. The maximum atomic E-state index is 11.9. The molecular formula is C16H24N2O4. The normalized spacial score (nSPS) is 13.5. The van der Waals surface area contributed by atoms with Gasteiger partial charge in [0.25, 0.3) is 0 Å². The molecule has 1 rings (SSSR count). The minimum atomic E-state index is -0.954. The van der Waals surface area contributed by atoms with Gasteiger partial charge in [-0.25, -0.2) is 4.79 Å². The predicted molar refractivity (Wildman–Crippen MR) is 83.6 cm³/mol. The number of carbonyl (C=O) groups excluding carboxylic acids is 1. The number of hydrogen-bond acceptors (Lipinski definition) is 4. The third-order valence-corrected chi connectivity index (χ3v) is 3.27. The van der Waals surface area contributed by atoms with Gasteiger partial charge in [-0.3, -0.25) is 4.79 Å². The molecule has 1 aromatic carbocycles. The highest BCUT2D eigenvalue weighted by atomic mass is 16.5. The van der Waals surface area contributed by atoms with Crippen LogP contribution in [0.1, 0.15) is 25.3 Å². The second kappa shape index (κ2) is 8.38. The van der Waals surface area contributed by atoms with Crippen molar-refractivity contribution in [2.45, 2.75) is 31.9 Å². The lowest BCUT2D eigenvalue weighted by molar-refractivity contribution is -0.138. The van der Waals surface area contributed by atoms with Crippen LogP contribution in [0.25, 0.3) is 0 Å². The van der Waals surface area contributed by atoms with Gasteiger partial charge in [0.1, 0.15) is 6.61 Å². The maximum absolute atomic E-state index is 11.9. The molecule has 122 valence electrons. The fourth-order valence-electron chi connectivity index (χ4n) is 2.00. The van der Waals surface area contributed by atoms with Gasteiger partial charge in [-0.1, -0.05) is 30.3 Å². The monoisotopic (exact) mass is 308 g/mol. The van der Waals surface area contributed by atoms with E-state index in [1.807, 2.05) is 49.3 Å². The van der Waals surface area contributed by atoms with E-state index in [9.17, 15) is 9.59 Å². The second-order valence-corrected chi connectivity index (χ2v) is 5.87. The zero-order valence-corrected chi connectivity index (χ0v) is 13.3. The molecule has 2 N–H and O–H groups in total. The molecule has 0 aliphatic carbocycles. The first kappa shape index (κ1) is 18.0. The van der Waals surface area contributed by atoms with Crippen molar-refractivity contribution in [1.82, 2.24) is 10.2 Å². The molecule has 0 aliphatic rings. The summed E-state index contributed by atoms with van der Waals surface area (Å²) in [7, 11) is 3.80. The molecule has 0 bridgehead atoms. The first-order valence-corrected chi connectivity index (χ1v) is 7.16. The summed E-state index contributed by atoms with van der Waals surface area (Å²) >= 11 is 0. The Morgan fingerprint density at radius 3 is 2.45 bits per heavy atom. The number of rotatable bonds is 8. The van der Waals surface area contributed by atoms with E-state index >= 15 is 0 Å². The summed E-state index contributed by atoms with van der Waals surface area (Å²) in [5.41, 5.74) is 0.0371. The number of carboxylic acid groups (broad SMARTS) is 1. The zero-order chi connectivity index (χ0) is 16.6. The van der Waals surface area contributed by atoms with Crippen LogP contribution in [-0.4, -0.2) is 48.2 Å². The van der Waals surface area contributed by atoms with Crippen molar-refractivity contribution in [2.75, 3.05) is 20.6 Å². The van der Waals surface area contributed by atoms with Crippen LogP contribution in [0, 0.1) is 0 Å². The highest BCUT2D eigenvalue weighted by molar-refractivity contribution is 5.72. The number of alkyl carbamates (subject to hydrolysis) is 1. The number of ether oxygens (including phenoxy) is 1. The van der Waals surface area contributed by atoms with Crippen LogP contribution in [0.2, 0.25) is 0 Å². The van der Waals surface area contributed by atoms with Gasteiger partial charge >= 0.3 is 12.1 Å². The summed E-state index contributed by atoms with van der Waals surface area (Å²) in [4.78, 5) is 24.9. The van der Waals surface area contributed by atoms with Crippen LogP contribution >= 0.6 is 0 Å². The van der Waals surface area contributed by atoms with E-state index < -0.39 is 17.6 Å². The highest BCUT2D eigenvalue weighted by Gasteiger charge is 2.30. The van der Waals surface area contributed by atoms with Gasteiger partial charge < -0.3 is 20.1 Å². The lowest BCUT2D eigenvalue weighted by Crippen LogP contribution is -2.49. The fourth-order valence-corrected chi connectivity index (χ4v) is 2.00. The quantitative estimate of drug-likeness (QED) is 0.769. The van der Waals surface area contributed by atoms with E-state index in [-0.39, 0.29) is 13.0 Å². The molecule has 0 fully saturated rings. The smallest absolute Gasteiger partial charge is 0.407 e. The van der Waals surface area contributed by atoms with Crippen LogP contribution in [0.4, 0.5) is 4.79 Å². The van der Waals surface area contributed by atoms with Crippen molar-refractivity contribution in [1.29, 1.82) is 0 Å². The van der Waals surface area contributed by atoms with Crippen LogP contribution in [0.3, 0.4) is 0 Å². The molecule has 0 heterocycles. The van der Waals surface area contributed by atoms with Gasteiger partial charge in [0.15, 0.2) is 0 Å². The Bertz CT molecular complexity index is 490. The largest absolute Gasteiger partial charge is 0.481 e. The predicted octanol–water partition coefficient (Wildman–Crippen LogP) is 2.10. The van der Waals surface area contributed by atoms with Gasteiger partial charge in [-0.05, 0) is 39.5 Å². The summed E-state index contributed by atoms with van der Waals surface area (Å²) in [6.07, 6.45) is -0.236. The number of carbonyl (C=O) groups is 2. The van der Waals surface area contributed by atoms with Crippen molar-refractivity contribution < 1.29 is 19.4 Å². The molecule has 0 aromatic heterocycles. The Balaban J connectivity index is 2.56. The molecule has 1 unspecified atom stereocenters. The van der Waals surface area contributed by atoms with E-state index in [0.29, 0.717) is 13.0 Å². The summed E-state index contributed by atoms with van der Waals surface area (Å²) in [5.74, 6) is -0.954. The lowest BCUT2D eigenvalue weighted by Gasteiger charge is -2.30. The summed E-state index contributed by atoms with van der Waals surface area (Å²) in [5, 5.41) is 11.7. The SMILES string of the molecule is CN(C)CCC(C)(CC(=O)O)NC(=O)OCc1ccccc1. The average molecular weight is 308 g/mol. The molecule has 22 heavy (non-hydrogen) atoms. The number of nitrogens with one attached hydrogen (secondary N) is 1. The van der Waals surface area contributed by atoms with Crippen LogP contribution in [0.15, 0.2) is 30.3 Å². The molecule has 6 nitrogen and oxygen atoms in total. The van der Waals surface area contributed by atoms with E-state index in [0.717, 1.165) is 5.56 Å². The zero-order valence-electron chi connectivity index (χ0n) is 13.3. The first-order valence-electron chi connectivity index (χ1n) is 7.16. The van der Waals surface area contributed by atoms with Gasteiger partial charge in [0.05, 0.1) is 12.0 Å². The third-order valence-electron chi connectivity index (χ3n) is 3.27. The number of benzene rings is 1. The lowest BCUT2D eigenvalue weighted by atomic mass is 9.93. The minimum Gasteiger partial charge on any atom is -0.481 e. The Morgan fingerprint density at radius 2 is 1.91 bits per heavy atom. The van der Waals surface area contributed by atoms with Gasteiger partial charge in [0.2, 0.25) is 0 Å². The molecule has 6 heteroatoms. The molecule has 0 radical (unpaired) electrons.